The molecule has 0 spiro atoms. The fraction of sp³-hybridized carbons (Fsp3) is 0.836. The number of fused-ring (bicyclic) bond motifs is 1. The average Bonchev–Trinajstić information content (AvgIpc) is 3.64. The lowest BCUT2D eigenvalue weighted by atomic mass is 9.94. The highest BCUT2D eigenvalue weighted by molar-refractivity contribution is 7.12. The number of thiophene rings is 1. The summed E-state index contributed by atoms with van der Waals surface area (Å²) in [7, 11) is 6.16. The number of aryl methyl sites for hydroxylation is 1. The van der Waals surface area contributed by atoms with Crippen LogP contribution in [0.3, 0.4) is 0 Å². The van der Waals surface area contributed by atoms with E-state index in [0.717, 1.165) is 120 Å². The quantitative estimate of drug-likeness (QED) is 0.0392. The Hall–Kier alpha value is -2.63. The summed E-state index contributed by atoms with van der Waals surface area (Å²) in [6, 6.07) is 0. The molecular formula is C55H103N3O7S. The SMILES string of the molecule is CC.CCCCCCCCC(CCCCCC)C(=O)OCCCCCC=O.CCCCCCCCCCCOC(=O)CCCCC=O.Cc1sc2c(c1C(=O)NCCN(C)C)CCN(C)C2. The first kappa shape index (κ1) is 65.5. The summed E-state index contributed by atoms with van der Waals surface area (Å²) >= 11 is 1.78. The van der Waals surface area contributed by atoms with Crippen molar-refractivity contribution < 1.29 is 33.4 Å². The maximum Gasteiger partial charge on any atom is 0.308 e. The summed E-state index contributed by atoms with van der Waals surface area (Å²) in [6.07, 6.45) is 34.6. The zero-order chi connectivity index (χ0) is 49.5. The lowest BCUT2D eigenvalue weighted by Gasteiger charge is -2.22. The number of hydrogen-bond donors (Lipinski definition) is 1. The van der Waals surface area contributed by atoms with Crippen molar-refractivity contribution in [2.24, 2.45) is 5.92 Å². The third-order valence-corrected chi connectivity index (χ3v) is 12.9. The van der Waals surface area contributed by atoms with Crippen LogP contribution in [0.15, 0.2) is 0 Å². The summed E-state index contributed by atoms with van der Waals surface area (Å²) in [6.45, 7) is 17.4. The van der Waals surface area contributed by atoms with Gasteiger partial charge in [-0.1, -0.05) is 150 Å². The van der Waals surface area contributed by atoms with Crippen LogP contribution in [0.2, 0.25) is 0 Å². The van der Waals surface area contributed by atoms with Crippen LogP contribution < -0.4 is 5.32 Å². The van der Waals surface area contributed by atoms with Crippen LogP contribution in [0.4, 0.5) is 0 Å². The Kier molecular flexibility index (Phi) is 48.4. The fourth-order valence-corrected chi connectivity index (χ4v) is 9.08. The number of esters is 2. The molecule has 0 bridgehead atoms. The number of ether oxygens (including phenoxy) is 2. The highest BCUT2D eigenvalue weighted by atomic mass is 32.1. The molecule has 0 aliphatic carbocycles. The molecule has 386 valence electrons. The van der Waals surface area contributed by atoms with Gasteiger partial charge >= 0.3 is 11.9 Å². The molecule has 1 aliphatic heterocycles. The zero-order valence-electron chi connectivity index (χ0n) is 44.3. The second kappa shape index (κ2) is 48.8. The number of carbonyl (C=O) groups excluding carboxylic acids is 5. The molecule has 66 heavy (non-hydrogen) atoms. The molecule has 1 unspecified atom stereocenters. The number of rotatable bonds is 38. The van der Waals surface area contributed by atoms with Gasteiger partial charge in [-0.25, -0.2) is 0 Å². The molecule has 0 aromatic carbocycles. The molecule has 1 aliphatic rings. The Morgan fingerprint density at radius 1 is 0.682 bits per heavy atom. The van der Waals surface area contributed by atoms with E-state index in [1.54, 1.807) is 11.3 Å². The summed E-state index contributed by atoms with van der Waals surface area (Å²) in [5.41, 5.74) is 2.22. The molecule has 10 nitrogen and oxygen atoms in total. The van der Waals surface area contributed by atoms with Crippen molar-refractivity contribution in [3.05, 3.63) is 20.9 Å². The number of likely N-dealkylation sites (N-methyl/N-ethyl adjacent to an activating group) is 2. The average molecular weight is 951 g/mol. The maximum atomic E-state index is 12.4. The predicted octanol–water partition coefficient (Wildman–Crippen LogP) is 13.8. The number of unbranched alkanes of at least 4 members (excludes halogenated alkanes) is 21. The number of aldehydes is 2. The van der Waals surface area contributed by atoms with E-state index in [-0.39, 0.29) is 23.8 Å². The van der Waals surface area contributed by atoms with Crippen molar-refractivity contribution in [3.8, 4) is 0 Å². The molecule has 11 heteroatoms. The summed E-state index contributed by atoms with van der Waals surface area (Å²) in [5, 5.41) is 3.03. The van der Waals surface area contributed by atoms with Gasteiger partial charge in [-0.2, -0.15) is 0 Å². The summed E-state index contributed by atoms with van der Waals surface area (Å²) < 4.78 is 10.7. The lowest BCUT2D eigenvalue weighted by molar-refractivity contribution is -0.149. The van der Waals surface area contributed by atoms with Crippen LogP contribution in [-0.4, -0.2) is 94.2 Å². The number of nitrogens with zero attached hydrogens (tertiary/aromatic N) is 2. The van der Waals surface area contributed by atoms with Crippen molar-refractivity contribution in [1.82, 2.24) is 15.1 Å². The Labute approximate surface area is 410 Å². The standard InChI is InChI=1S/C22H42O3.C17H32O3.C14H23N3OS.C2H6/c1-3-5-7-9-10-14-18-21(17-13-8-6-4-2)22(24)25-20-16-12-11-15-19-23;1-2-3-4-5-6-7-8-9-13-16-20-17(19)14-11-10-12-15-18;1-10-13(14(18)15-6-8-16(2)3)11-5-7-17(4)9-12(11)19-10;1-2/h19,21H,3-18,20H2,1-2H3;15H,2-14,16H2,1H3;5-9H2,1-4H3,(H,15,18);1-2H3. The van der Waals surface area contributed by atoms with E-state index in [4.69, 9.17) is 9.47 Å². The van der Waals surface area contributed by atoms with E-state index < -0.39 is 0 Å². The monoisotopic (exact) mass is 950 g/mol. The Balaban J connectivity index is 0. The highest BCUT2D eigenvalue weighted by Crippen LogP contribution is 2.32. The minimum absolute atomic E-state index is 0.0143. The van der Waals surface area contributed by atoms with Crippen LogP contribution >= 0.6 is 11.3 Å². The van der Waals surface area contributed by atoms with Crippen LogP contribution in [-0.2, 0) is 41.6 Å². The van der Waals surface area contributed by atoms with E-state index in [1.807, 2.05) is 27.9 Å². The number of nitrogens with one attached hydrogen (secondary N) is 1. The van der Waals surface area contributed by atoms with Gasteiger partial charge in [-0.05, 0) is 91.4 Å². The topological polar surface area (TPSA) is 122 Å². The molecule has 0 radical (unpaired) electrons. The van der Waals surface area contributed by atoms with Crippen molar-refractivity contribution in [2.75, 3.05) is 54.0 Å². The van der Waals surface area contributed by atoms with Crippen molar-refractivity contribution in [2.45, 2.75) is 241 Å². The molecule has 1 amide bonds. The van der Waals surface area contributed by atoms with E-state index >= 15 is 0 Å². The molecule has 2 heterocycles. The minimum atomic E-state index is -0.115. The first-order valence-electron chi connectivity index (χ1n) is 27.0. The molecule has 0 fully saturated rings. The van der Waals surface area contributed by atoms with Crippen LogP contribution in [0, 0.1) is 12.8 Å². The number of carbonyl (C=O) groups is 5. The summed E-state index contributed by atoms with van der Waals surface area (Å²) in [4.78, 5) is 63.3. The molecule has 0 saturated heterocycles. The summed E-state index contributed by atoms with van der Waals surface area (Å²) in [5.74, 6) is 0.0929. The van der Waals surface area contributed by atoms with Crippen LogP contribution in [0.1, 0.15) is 246 Å². The van der Waals surface area contributed by atoms with Gasteiger partial charge in [0.1, 0.15) is 12.6 Å². The van der Waals surface area contributed by atoms with E-state index in [1.165, 1.54) is 107 Å². The van der Waals surface area contributed by atoms with E-state index in [9.17, 15) is 24.0 Å². The third-order valence-electron chi connectivity index (χ3n) is 11.8. The molecule has 2 rings (SSSR count). The van der Waals surface area contributed by atoms with Gasteiger partial charge in [0, 0.05) is 55.2 Å². The number of hydrogen-bond acceptors (Lipinski definition) is 10. The molecule has 1 atom stereocenters. The third kappa shape index (κ3) is 38.3. The van der Waals surface area contributed by atoms with Gasteiger partial charge in [0.25, 0.3) is 5.91 Å². The van der Waals surface area contributed by atoms with E-state index in [0.29, 0.717) is 39.0 Å². The molecule has 1 aromatic rings. The first-order valence-corrected chi connectivity index (χ1v) is 27.8. The van der Waals surface area contributed by atoms with Gasteiger partial charge in [-0.3, -0.25) is 14.4 Å². The van der Waals surface area contributed by atoms with Gasteiger partial charge < -0.3 is 34.2 Å². The molecular weight excluding hydrogens is 847 g/mol. The zero-order valence-corrected chi connectivity index (χ0v) is 45.2. The Morgan fingerprint density at radius 2 is 1.15 bits per heavy atom. The van der Waals surface area contributed by atoms with Crippen molar-refractivity contribution in [3.63, 3.8) is 0 Å². The van der Waals surface area contributed by atoms with Crippen molar-refractivity contribution >= 4 is 41.8 Å². The highest BCUT2D eigenvalue weighted by Gasteiger charge is 2.25. The van der Waals surface area contributed by atoms with E-state index in [2.05, 4.69) is 49.9 Å². The molecule has 0 saturated carbocycles. The Bertz CT molecular complexity index is 1300. The van der Waals surface area contributed by atoms with Gasteiger partial charge in [0.15, 0.2) is 0 Å². The smallest absolute Gasteiger partial charge is 0.308 e. The second-order valence-corrected chi connectivity index (χ2v) is 19.5. The van der Waals surface area contributed by atoms with Gasteiger partial charge in [-0.15, -0.1) is 11.3 Å². The minimum Gasteiger partial charge on any atom is -0.466 e. The first-order chi connectivity index (χ1) is 32.1. The predicted molar refractivity (Wildman–Crippen MR) is 280 cm³/mol. The van der Waals surface area contributed by atoms with Crippen molar-refractivity contribution in [1.29, 1.82) is 0 Å². The lowest BCUT2D eigenvalue weighted by Crippen LogP contribution is -2.33. The second-order valence-electron chi connectivity index (χ2n) is 18.2. The largest absolute Gasteiger partial charge is 0.466 e. The number of amides is 1. The normalized spacial score (nSPS) is 12.3. The Morgan fingerprint density at radius 3 is 1.68 bits per heavy atom. The molecule has 1 N–H and O–H groups in total. The van der Waals surface area contributed by atoms with Gasteiger partial charge in [0.05, 0.1) is 24.7 Å². The van der Waals surface area contributed by atoms with Gasteiger partial charge in [0.2, 0.25) is 0 Å². The van der Waals surface area contributed by atoms with Crippen LogP contribution in [0.25, 0.3) is 0 Å². The fourth-order valence-electron chi connectivity index (χ4n) is 7.78. The van der Waals surface area contributed by atoms with Crippen LogP contribution in [0.5, 0.6) is 0 Å². The maximum absolute atomic E-state index is 12.4. The molecule has 1 aromatic heterocycles.